The van der Waals surface area contributed by atoms with Crippen molar-refractivity contribution in [2.75, 3.05) is 32.8 Å². The number of carbonyl (C=O) groups is 2. The number of aromatic nitrogens is 3. The van der Waals surface area contributed by atoms with Gasteiger partial charge >= 0.3 is 5.97 Å². The Morgan fingerprint density at radius 3 is 2.60 bits per heavy atom. The maximum Gasteiger partial charge on any atom is 0.328 e. The fourth-order valence-electron chi connectivity index (χ4n) is 3.69. The highest BCUT2D eigenvalue weighted by Gasteiger charge is 2.33. The van der Waals surface area contributed by atoms with Crippen LogP contribution in [0, 0.1) is 0 Å². The van der Waals surface area contributed by atoms with E-state index in [1.807, 2.05) is 17.0 Å². The normalized spacial score (nSPS) is 15.9. The highest BCUT2D eigenvalue weighted by Crippen LogP contribution is 2.26. The molecule has 3 aromatic rings. The number of carbonyl (C=O) groups excluding carboxylic acids is 2. The zero-order valence-corrected chi connectivity index (χ0v) is 17.3. The number of hydrogen-bond acceptors (Lipinski definition) is 6. The molecule has 0 bridgehead atoms. The summed E-state index contributed by atoms with van der Waals surface area (Å²) >= 11 is 6.00. The molecule has 30 heavy (non-hydrogen) atoms. The Kier molecular flexibility index (Phi) is 5.96. The summed E-state index contributed by atoms with van der Waals surface area (Å²) in [5.74, 6) is -0.408. The quantitative estimate of drug-likeness (QED) is 0.582. The van der Waals surface area contributed by atoms with E-state index in [9.17, 15) is 9.59 Å². The van der Waals surface area contributed by atoms with Crippen LogP contribution in [0.5, 0.6) is 0 Å². The van der Waals surface area contributed by atoms with Gasteiger partial charge in [-0.15, -0.1) is 0 Å². The molecule has 0 saturated carbocycles. The molecule has 0 unspecified atom stereocenters. The van der Waals surface area contributed by atoms with Gasteiger partial charge in [-0.05, 0) is 30.7 Å². The molecule has 0 spiro atoms. The molecule has 8 nitrogen and oxygen atoms in total. The fourth-order valence-corrected chi connectivity index (χ4v) is 3.82. The van der Waals surface area contributed by atoms with Crippen LogP contribution in [0.3, 0.4) is 0 Å². The number of rotatable bonds is 5. The minimum absolute atomic E-state index is 0.109. The van der Waals surface area contributed by atoms with E-state index in [1.54, 1.807) is 53.1 Å². The Labute approximate surface area is 179 Å². The first-order valence-corrected chi connectivity index (χ1v) is 10.2. The fraction of sp³-hybridized carbons (Fsp3) is 0.333. The van der Waals surface area contributed by atoms with Crippen molar-refractivity contribution in [3.05, 3.63) is 65.1 Å². The van der Waals surface area contributed by atoms with Crippen molar-refractivity contribution in [2.24, 2.45) is 0 Å². The van der Waals surface area contributed by atoms with Crippen LogP contribution in [-0.2, 0) is 9.53 Å². The molecular weight excluding hydrogens is 406 g/mol. The molecule has 1 atom stereocenters. The highest BCUT2D eigenvalue weighted by atomic mass is 35.5. The van der Waals surface area contributed by atoms with Crippen molar-refractivity contribution in [3.63, 3.8) is 0 Å². The van der Waals surface area contributed by atoms with E-state index in [0.717, 1.165) is 5.56 Å². The largest absolute Gasteiger partial charge is 0.465 e. The second kappa shape index (κ2) is 8.81. The Morgan fingerprint density at radius 2 is 1.90 bits per heavy atom. The summed E-state index contributed by atoms with van der Waals surface area (Å²) < 4.78 is 6.89. The Bertz CT molecular complexity index is 1040. The summed E-state index contributed by atoms with van der Waals surface area (Å²) in [4.78, 5) is 33.8. The van der Waals surface area contributed by atoms with Gasteiger partial charge in [0, 0.05) is 43.6 Å². The molecule has 1 aliphatic heterocycles. The van der Waals surface area contributed by atoms with Gasteiger partial charge in [-0.2, -0.15) is 5.10 Å². The molecule has 0 N–H and O–H groups in total. The van der Waals surface area contributed by atoms with Crippen molar-refractivity contribution >= 4 is 29.1 Å². The highest BCUT2D eigenvalue weighted by molar-refractivity contribution is 6.30. The molecule has 9 heteroatoms. The van der Waals surface area contributed by atoms with Crippen LogP contribution in [0.25, 0.3) is 5.65 Å². The second-order valence-electron chi connectivity index (χ2n) is 6.98. The predicted molar refractivity (Wildman–Crippen MR) is 111 cm³/mol. The maximum atomic E-state index is 13.0. The van der Waals surface area contributed by atoms with Crippen molar-refractivity contribution < 1.29 is 14.3 Å². The SMILES string of the molecule is CCOC(=O)[C@@H](c1ccc(Cl)cc1)N1CCN(C(=O)c2cnn3cccnc23)CC1. The number of piperazine rings is 1. The van der Waals surface area contributed by atoms with Gasteiger partial charge in [0.15, 0.2) is 5.65 Å². The lowest BCUT2D eigenvalue weighted by molar-refractivity contribution is -0.150. The van der Waals surface area contributed by atoms with Gasteiger partial charge in [-0.1, -0.05) is 23.7 Å². The standard InChI is InChI=1S/C21H22ClN5O3/c1-2-30-21(29)18(15-4-6-16(22)7-5-15)25-10-12-26(13-11-25)20(28)17-14-24-27-9-3-8-23-19(17)27/h3-9,14,18H,2,10-13H2,1H3/t18-/m1/s1. The zero-order valence-electron chi connectivity index (χ0n) is 16.6. The Hall–Kier alpha value is -2.97. The minimum atomic E-state index is -0.530. The summed E-state index contributed by atoms with van der Waals surface area (Å²) in [7, 11) is 0. The molecule has 1 aliphatic rings. The molecule has 2 aromatic heterocycles. The van der Waals surface area contributed by atoms with Crippen LogP contribution in [-0.4, -0.2) is 69.1 Å². The zero-order chi connectivity index (χ0) is 21.1. The third kappa shape index (κ3) is 4.01. The van der Waals surface area contributed by atoms with Crippen LogP contribution in [0.2, 0.25) is 5.02 Å². The average molecular weight is 428 g/mol. The Balaban J connectivity index is 1.49. The summed E-state index contributed by atoms with van der Waals surface area (Å²) in [6, 6.07) is 8.44. The second-order valence-corrected chi connectivity index (χ2v) is 7.42. The number of halogens is 1. The van der Waals surface area contributed by atoms with Crippen molar-refractivity contribution in [3.8, 4) is 0 Å². The van der Waals surface area contributed by atoms with Crippen LogP contribution >= 0.6 is 11.6 Å². The molecule has 1 fully saturated rings. The van der Waals surface area contributed by atoms with Gasteiger partial charge in [-0.25, -0.2) is 14.3 Å². The van der Waals surface area contributed by atoms with E-state index in [4.69, 9.17) is 16.3 Å². The molecule has 4 rings (SSSR count). The van der Waals surface area contributed by atoms with Crippen molar-refractivity contribution in [1.29, 1.82) is 0 Å². The van der Waals surface area contributed by atoms with Crippen molar-refractivity contribution in [1.82, 2.24) is 24.4 Å². The van der Waals surface area contributed by atoms with Crippen molar-refractivity contribution in [2.45, 2.75) is 13.0 Å². The lowest BCUT2D eigenvalue weighted by atomic mass is 10.0. The van der Waals surface area contributed by atoms with Gasteiger partial charge in [0.05, 0.1) is 12.8 Å². The van der Waals surface area contributed by atoms with Gasteiger partial charge in [0.25, 0.3) is 5.91 Å². The Morgan fingerprint density at radius 1 is 1.17 bits per heavy atom. The van der Waals surface area contributed by atoms with Crippen LogP contribution in [0.4, 0.5) is 0 Å². The van der Waals surface area contributed by atoms with Crippen LogP contribution in [0.15, 0.2) is 48.9 Å². The van der Waals surface area contributed by atoms with E-state index in [1.165, 1.54) is 0 Å². The summed E-state index contributed by atoms with van der Waals surface area (Å²) in [6.45, 7) is 4.18. The van der Waals surface area contributed by atoms with E-state index in [-0.39, 0.29) is 11.9 Å². The van der Waals surface area contributed by atoms with Crippen LogP contribution in [0.1, 0.15) is 28.9 Å². The van der Waals surface area contributed by atoms with Gasteiger partial charge in [0.2, 0.25) is 0 Å². The third-order valence-electron chi connectivity index (χ3n) is 5.17. The van der Waals surface area contributed by atoms with Gasteiger partial charge in [-0.3, -0.25) is 9.69 Å². The van der Waals surface area contributed by atoms with Crippen LogP contribution < -0.4 is 0 Å². The summed E-state index contributed by atoms with van der Waals surface area (Å²) in [5, 5.41) is 4.80. The number of ether oxygens (including phenoxy) is 1. The summed E-state index contributed by atoms with van der Waals surface area (Å²) in [6.07, 6.45) is 4.95. The van der Waals surface area contributed by atoms with E-state index in [2.05, 4.69) is 10.1 Å². The lowest BCUT2D eigenvalue weighted by Gasteiger charge is -2.38. The molecule has 0 aliphatic carbocycles. The van der Waals surface area contributed by atoms with E-state index < -0.39 is 6.04 Å². The smallest absolute Gasteiger partial charge is 0.328 e. The number of esters is 1. The van der Waals surface area contributed by atoms with Gasteiger partial charge < -0.3 is 9.64 Å². The summed E-state index contributed by atoms with van der Waals surface area (Å²) in [5.41, 5.74) is 1.84. The molecule has 156 valence electrons. The number of hydrogen-bond donors (Lipinski definition) is 0. The van der Waals surface area contributed by atoms with E-state index in [0.29, 0.717) is 49.0 Å². The first-order valence-electron chi connectivity index (χ1n) is 9.82. The van der Waals surface area contributed by atoms with E-state index >= 15 is 0 Å². The predicted octanol–water partition coefficient (Wildman–Crippen LogP) is 2.44. The monoisotopic (exact) mass is 427 g/mol. The minimum Gasteiger partial charge on any atom is -0.465 e. The molecule has 0 radical (unpaired) electrons. The third-order valence-corrected chi connectivity index (χ3v) is 5.42. The molecule has 1 saturated heterocycles. The molecular formula is C21H22ClN5O3. The molecule has 1 aromatic carbocycles. The van der Waals surface area contributed by atoms with Gasteiger partial charge in [0.1, 0.15) is 11.6 Å². The molecule has 3 heterocycles. The lowest BCUT2D eigenvalue weighted by Crippen LogP contribution is -2.51. The number of benzene rings is 1. The molecule has 1 amide bonds. The number of fused-ring (bicyclic) bond motifs is 1. The number of amides is 1. The first kappa shape index (κ1) is 20.3. The number of nitrogens with zero attached hydrogens (tertiary/aromatic N) is 5. The maximum absolute atomic E-state index is 13.0. The average Bonchev–Trinajstić information content (AvgIpc) is 3.20. The first-order chi connectivity index (χ1) is 14.6. The topological polar surface area (TPSA) is 80.0 Å².